The van der Waals surface area contributed by atoms with Gasteiger partial charge in [0.25, 0.3) is 0 Å². The molecule has 0 aliphatic heterocycles. The molecule has 0 amide bonds. The molecule has 80 heavy (non-hydrogen) atoms. The van der Waals surface area contributed by atoms with E-state index in [0.29, 0.717) is 19.3 Å². The molecule has 0 radical (unpaired) electrons. The summed E-state index contributed by atoms with van der Waals surface area (Å²) in [5.74, 6) is -0.982. The van der Waals surface area contributed by atoms with E-state index in [2.05, 4.69) is 167 Å². The third-order valence-corrected chi connectivity index (χ3v) is 13.6. The molecule has 0 fully saturated rings. The highest BCUT2D eigenvalue weighted by Crippen LogP contribution is 2.16. The normalized spacial score (nSPS) is 13.1. The van der Waals surface area contributed by atoms with Gasteiger partial charge in [-0.2, -0.15) is 0 Å². The molecule has 6 heteroatoms. The van der Waals surface area contributed by atoms with Crippen molar-refractivity contribution in [1.29, 1.82) is 0 Å². The molecule has 1 unspecified atom stereocenters. The smallest absolute Gasteiger partial charge is 0.306 e. The summed E-state index contributed by atoms with van der Waals surface area (Å²) in [5.41, 5.74) is 0. The Bertz CT molecular complexity index is 1750. The van der Waals surface area contributed by atoms with Crippen LogP contribution in [0.25, 0.3) is 0 Å². The molecule has 0 N–H and O–H groups in total. The highest BCUT2D eigenvalue weighted by molar-refractivity contribution is 5.71. The van der Waals surface area contributed by atoms with Crippen molar-refractivity contribution in [3.05, 3.63) is 146 Å². The molecule has 0 saturated carbocycles. The minimum atomic E-state index is -0.815. The van der Waals surface area contributed by atoms with Crippen LogP contribution in [0.15, 0.2) is 146 Å². The highest BCUT2D eigenvalue weighted by Gasteiger charge is 2.19. The monoisotopic (exact) mass is 1100 g/mol. The van der Waals surface area contributed by atoms with E-state index in [1.54, 1.807) is 0 Å². The predicted octanol–water partition coefficient (Wildman–Crippen LogP) is 22.7. The van der Waals surface area contributed by atoms with Gasteiger partial charge in [-0.25, -0.2) is 0 Å². The van der Waals surface area contributed by atoms with Crippen molar-refractivity contribution < 1.29 is 28.6 Å². The second-order valence-corrected chi connectivity index (χ2v) is 21.3. The van der Waals surface area contributed by atoms with Crippen molar-refractivity contribution in [3.8, 4) is 0 Å². The van der Waals surface area contributed by atoms with Crippen molar-refractivity contribution in [2.24, 2.45) is 0 Å². The maximum absolute atomic E-state index is 12.9. The van der Waals surface area contributed by atoms with Crippen molar-refractivity contribution >= 4 is 17.9 Å². The zero-order chi connectivity index (χ0) is 57.8. The zero-order valence-electron chi connectivity index (χ0n) is 51.8. The molecule has 0 bridgehead atoms. The van der Waals surface area contributed by atoms with Gasteiger partial charge in [0.15, 0.2) is 6.10 Å². The largest absolute Gasteiger partial charge is 0.462 e. The first-order valence-corrected chi connectivity index (χ1v) is 32.8. The number of hydrogen-bond acceptors (Lipinski definition) is 6. The zero-order valence-corrected chi connectivity index (χ0v) is 51.8. The van der Waals surface area contributed by atoms with Crippen LogP contribution in [0.2, 0.25) is 0 Å². The van der Waals surface area contributed by atoms with Gasteiger partial charge >= 0.3 is 17.9 Å². The molecule has 6 nitrogen and oxygen atoms in total. The van der Waals surface area contributed by atoms with Gasteiger partial charge in [-0.3, -0.25) is 14.4 Å². The maximum atomic E-state index is 12.9. The lowest BCUT2D eigenvalue weighted by Gasteiger charge is -2.18. The van der Waals surface area contributed by atoms with Crippen LogP contribution in [0, 0.1) is 0 Å². The Labute approximate surface area is 493 Å². The molecule has 452 valence electrons. The number of hydrogen-bond donors (Lipinski definition) is 0. The van der Waals surface area contributed by atoms with Crippen LogP contribution in [-0.2, 0) is 28.6 Å². The van der Waals surface area contributed by atoms with E-state index in [9.17, 15) is 14.4 Å². The lowest BCUT2D eigenvalue weighted by atomic mass is 10.0. The van der Waals surface area contributed by atoms with E-state index >= 15 is 0 Å². The summed E-state index contributed by atoms with van der Waals surface area (Å²) in [6, 6.07) is 0. The van der Waals surface area contributed by atoms with Gasteiger partial charge in [0.1, 0.15) is 13.2 Å². The van der Waals surface area contributed by atoms with E-state index in [-0.39, 0.29) is 37.5 Å². The second kappa shape index (κ2) is 66.8. The second-order valence-electron chi connectivity index (χ2n) is 21.3. The minimum absolute atomic E-state index is 0.109. The van der Waals surface area contributed by atoms with Crippen LogP contribution in [0.3, 0.4) is 0 Å². The van der Waals surface area contributed by atoms with Gasteiger partial charge in [-0.1, -0.05) is 295 Å². The summed E-state index contributed by atoms with van der Waals surface area (Å²) in [4.78, 5) is 38.4. The van der Waals surface area contributed by atoms with Crippen molar-refractivity contribution in [2.45, 2.75) is 290 Å². The quantitative estimate of drug-likeness (QED) is 0.0261. The Morgan fingerprint density at radius 2 is 0.500 bits per heavy atom. The van der Waals surface area contributed by atoms with E-state index in [1.807, 2.05) is 0 Å². The Morgan fingerprint density at radius 1 is 0.263 bits per heavy atom. The SMILES string of the molecule is CC/C=C\C/C=C\C/C=C\C/C=C\C/C=C\C/C=C\C/C=C\CCCCCCCC(=O)OCC(COC(=O)CCC/C=C\C/C=C\C/C=C\C/C=C\C/C=C\CC)OC(=O)CCCCCCCCCCCCCCCCCCCC. The van der Waals surface area contributed by atoms with Crippen LogP contribution in [0.4, 0.5) is 0 Å². The van der Waals surface area contributed by atoms with E-state index in [1.165, 1.54) is 96.3 Å². The molecular weight excluding hydrogens is 985 g/mol. The topological polar surface area (TPSA) is 78.9 Å². The number of rotatable bonds is 58. The number of carbonyl (C=O) groups excluding carboxylic acids is 3. The average Bonchev–Trinajstić information content (AvgIpc) is 3.46. The number of allylic oxidation sites excluding steroid dienone is 24. The molecule has 0 aromatic rings. The van der Waals surface area contributed by atoms with Crippen molar-refractivity contribution in [2.75, 3.05) is 13.2 Å². The molecule has 0 spiro atoms. The third kappa shape index (κ3) is 64.1. The summed E-state index contributed by atoms with van der Waals surface area (Å²) in [6.07, 6.45) is 95.7. The standard InChI is InChI=1S/C74H120O6/c1-4-7-10-13-16-19-22-25-28-31-33-34-35-36-37-38-39-40-41-44-46-49-52-55-58-61-64-67-73(76)79-70-71(69-78-72(75)66-63-60-57-54-51-48-45-42-30-27-24-21-18-15-12-9-6-3)80-74(77)68-65-62-59-56-53-50-47-43-32-29-26-23-20-17-14-11-8-5-2/h7,9-10,12,16,18-19,21,25,27-28,30,33-34,36-37,39-40,44-46,48,54,57,71H,4-6,8,11,13-15,17,20,22-24,26,29,31-32,35,38,41-43,47,49-53,55-56,58-70H2,1-3H3/b10-7-,12-9-,19-16-,21-18-,28-25-,30-27-,34-33-,37-36-,40-39-,46-44-,48-45-,57-54-. The van der Waals surface area contributed by atoms with Gasteiger partial charge in [0.2, 0.25) is 0 Å². The first-order valence-electron chi connectivity index (χ1n) is 32.8. The lowest BCUT2D eigenvalue weighted by molar-refractivity contribution is -0.167. The summed E-state index contributed by atoms with van der Waals surface area (Å²) in [7, 11) is 0. The van der Waals surface area contributed by atoms with Crippen molar-refractivity contribution in [3.63, 3.8) is 0 Å². The first-order chi connectivity index (χ1) is 39.5. The van der Waals surface area contributed by atoms with Crippen LogP contribution >= 0.6 is 0 Å². The van der Waals surface area contributed by atoms with Crippen LogP contribution in [-0.4, -0.2) is 37.2 Å². The summed E-state index contributed by atoms with van der Waals surface area (Å²) in [6.45, 7) is 6.36. The summed E-state index contributed by atoms with van der Waals surface area (Å²) in [5, 5.41) is 0. The molecule has 1 atom stereocenters. The lowest BCUT2D eigenvalue weighted by Crippen LogP contribution is -2.30. The van der Waals surface area contributed by atoms with Gasteiger partial charge in [-0.15, -0.1) is 0 Å². The number of carbonyl (C=O) groups is 3. The molecule has 0 aromatic heterocycles. The fourth-order valence-electron chi connectivity index (χ4n) is 8.75. The fourth-order valence-corrected chi connectivity index (χ4v) is 8.75. The Balaban J connectivity index is 4.48. The molecule has 0 aromatic carbocycles. The summed E-state index contributed by atoms with van der Waals surface area (Å²) < 4.78 is 16.9. The highest BCUT2D eigenvalue weighted by atomic mass is 16.6. The predicted molar refractivity (Wildman–Crippen MR) is 348 cm³/mol. The molecular formula is C74H120O6. The Morgan fingerprint density at radius 3 is 0.812 bits per heavy atom. The van der Waals surface area contributed by atoms with E-state index < -0.39 is 6.10 Å². The van der Waals surface area contributed by atoms with Gasteiger partial charge in [0, 0.05) is 19.3 Å². The molecule has 0 saturated heterocycles. The van der Waals surface area contributed by atoms with Gasteiger partial charge < -0.3 is 14.2 Å². The third-order valence-electron chi connectivity index (χ3n) is 13.6. The molecule has 0 rings (SSSR count). The number of esters is 3. The van der Waals surface area contributed by atoms with E-state index in [0.717, 1.165) is 141 Å². The molecule has 0 heterocycles. The van der Waals surface area contributed by atoms with Crippen molar-refractivity contribution in [1.82, 2.24) is 0 Å². The molecule has 0 aliphatic carbocycles. The van der Waals surface area contributed by atoms with Crippen LogP contribution < -0.4 is 0 Å². The van der Waals surface area contributed by atoms with Crippen LogP contribution in [0.1, 0.15) is 284 Å². The summed E-state index contributed by atoms with van der Waals surface area (Å²) >= 11 is 0. The van der Waals surface area contributed by atoms with Gasteiger partial charge in [-0.05, 0) is 116 Å². The maximum Gasteiger partial charge on any atom is 0.306 e. The fraction of sp³-hybridized carbons (Fsp3) is 0.635. The first kappa shape index (κ1) is 75.3. The average molecular weight is 1110 g/mol. The van der Waals surface area contributed by atoms with E-state index in [4.69, 9.17) is 14.2 Å². The minimum Gasteiger partial charge on any atom is -0.462 e. The van der Waals surface area contributed by atoms with Gasteiger partial charge in [0.05, 0.1) is 0 Å². The Kier molecular flexibility index (Phi) is 62.9. The molecule has 0 aliphatic rings. The number of ether oxygens (including phenoxy) is 3. The van der Waals surface area contributed by atoms with Crippen LogP contribution in [0.5, 0.6) is 0 Å². The Hall–Kier alpha value is -4.71. The number of unbranched alkanes of at least 4 members (excludes halogenated alkanes) is 23.